The Morgan fingerprint density at radius 1 is 1.47 bits per heavy atom. The second-order valence-corrected chi connectivity index (χ2v) is 3.15. The van der Waals surface area contributed by atoms with Crippen LogP contribution in [0.3, 0.4) is 0 Å². The van der Waals surface area contributed by atoms with E-state index in [0.29, 0.717) is 11.4 Å². The van der Waals surface area contributed by atoms with Crippen molar-refractivity contribution in [1.82, 2.24) is 5.01 Å². The Labute approximate surface area is 87.6 Å². The topological polar surface area (TPSA) is 67.6 Å². The van der Waals surface area contributed by atoms with Crippen molar-refractivity contribution in [2.75, 3.05) is 26.6 Å². The molecule has 0 bridgehead atoms. The summed E-state index contributed by atoms with van der Waals surface area (Å²) >= 11 is 0. The SMILES string of the molecule is COc1ccc(NN(C)C)c([N+](=O)[O-])c1. The lowest BCUT2D eigenvalue weighted by molar-refractivity contribution is -0.384. The van der Waals surface area contributed by atoms with Gasteiger partial charge in [-0.25, -0.2) is 5.01 Å². The highest BCUT2D eigenvalue weighted by atomic mass is 16.6. The Bertz CT molecular complexity index is 366. The molecule has 0 radical (unpaired) electrons. The van der Waals surface area contributed by atoms with Gasteiger partial charge in [0.25, 0.3) is 5.69 Å². The Hall–Kier alpha value is -1.82. The number of nitro benzene ring substituents is 1. The number of nitrogens with zero attached hydrogens (tertiary/aromatic N) is 2. The third-order valence-electron chi connectivity index (χ3n) is 1.75. The summed E-state index contributed by atoms with van der Waals surface area (Å²) in [6.45, 7) is 0. The van der Waals surface area contributed by atoms with Crippen molar-refractivity contribution < 1.29 is 9.66 Å². The Morgan fingerprint density at radius 2 is 2.13 bits per heavy atom. The summed E-state index contributed by atoms with van der Waals surface area (Å²) in [5.74, 6) is 0.464. The van der Waals surface area contributed by atoms with Crippen LogP contribution in [-0.2, 0) is 0 Å². The van der Waals surface area contributed by atoms with E-state index >= 15 is 0 Å². The van der Waals surface area contributed by atoms with Crippen LogP contribution in [0.4, 0.5) is 11.4 Å². The summed E-state index contributed by atoms with van der Waals surface area (Å²) in [6.07, 6.45) is 0. The minimum Gasteiger partial charge on any atom is -0.496 e. The average molecular weight is 211 g/mol. The molecule has 0 aliphatic rings. The van der Waals surface area contributed by atoms with E-state index in [4.69, 9.17) is 4.74 Å². The van der Waals surface area contributed by atoms with Gasteiger partial charge in [-0.2, -0.15) is 0 Å². The second-order valence-electron chi connectivity index (χ2n) is 3.15. The molecule has 0 aromatic heterocycles. The summed E-state index contributed by atoms with van der Waals surface area (Å²) < 4.78 is 4.92. The molecular weight excluding hydrogens is 198 g/mol. The van der Waals surface area contributed by atoms with Crippen LogP contribution in [-0.4, -0.2) is 31.1 Å². The second kappa shape index (κ2) is 4.61. The van der Waals surface area contributed by atoms with Crippen LogP contribution in [0.15, 0.2) is 18.2 Å². The quantitative estimate of drug-likeness (QED) is 0.603. The number of nitrogens with one attached hydrogen (secondary N) is 1. The van der Waals surface area contributed by atoms with E-state index in [1.54, 1.807) is 31.2 Å². The van der Waals surface area contributed by atoms with Gasteiger partial charge in [0.15, 0.2) is 0 Å². The van der Waals surface area contributed by atoms with Crippen molar-refractivity contribution in [2.45, 2.75) is 0 Å². The Balaban J connectivity index is 3.09. The number of hydrogen-bond donors (Lipinski definition) is 1. The van der Waals surface area contributed by atoms with Crippen molar-refractivity contribution in [2.24, 2.45) is 0 Å². The number of ether oxygens (including phenoxy) is 1. The molecule has 15 heavy (non-hydrogen) atoms. The number of anilines is 1. The number of methoxy groups -OCH3 is 1. The normalized spacial score (nSPS) is 10.1. The van der Waals surface area contributed by atoms with E-state index in [2.05, 4.69) is 5.43 Å². The fraction of sp³-hybridized carbons (Fsp3) is 0.333. The first-order chi connectivity index (χ1) is 7.04. The maximum atomic E-state index is 10.8. The van der Waals surface area contributed by atoms with Gasteiger partial charge in [-0.3, -0.25) is 10.1 Å². The molecule has 0 atom stereocenters. The molecule has 6 nitrogen and oxygen atoms in total. The monoisotopic (exact) mass is 211 g/mol. The predicted octanol–water partition coefficient (Wildman–Crippen LogP) is 1.49. The molecular formula is C9H13N3O3. The number of rotatable bonds is 4. The van der Waals surface area contributed by atoms with E-state index in [1.807, 2.05) is 0 Å². The minimum atomic E-state index is -0.450. The van der Waals surface area contributed by atoms with Crippen LogP contribution in [0.25, 0.3) is 0 Å². The van der Waals surface area contributed by atoms with Gasteiger partial charge in [0.05, 0.1) is 18.1 Å². The maximum Gasteiger partial charge on any atom is 0.297 e. The van der Waals surface area contributed by atoms with E-state index < -0.39 is 4.92 Å². The standard InChI is InChI=1S/C9H13N3O3/c1-11(2)10-8-5-4-7(15-3)6-9(8)12(13)14/h4-6,10H,1-3H3. The Kier molecular flexibility index (Phi) is 3.46. The minimum absolute atomic E-state index is 0.0111. The van der Waals surface area contributed by atoms with E-state index in [-0.39, 0.29) is 5.69 Å². The molecule has 1 N–H and O–H groups in total. The van der Waals surface area contributed by atoms with Crippen LogP contribution in [0.5, 0.6) is 5.75 Å². The summed E-state index contributed by atoms with van der Waals surface area (Å²) in [7, 11) is 4.99. The molecule has 0 aliphatic heterocycles. The van der Waals surface area contributed by atoms with Crippen molar-refractivity contribution >= 4 is 11.4 Å². The van der Waals surface area contributed by atoms with Crippen LogP contribution in [0, 0.1) is 10.1 Å². The lowest BCUT2D eigenvalue weighted by Crippen LogP contribution is -2.20. The van der Waals surface area contributed by atoms with Gasteiger partial charge < -0.3 is 10.2 Å². The highest BCUT2D eigenvalue weighted by Gasteiger charge is 2.15. The van der Waals surface area contributed by atoms with Crippen molar-refractivity contribution in [3.63, 3.8) is 0 Å². The van der Waals surface area contributed by atoms with Crippen LogP contribution in [0.2, 0.25) is 0 Å². The van der Waals surface area contributed by atoms with Crippen LogP contribution >= 0.6 is 0 Å². The molecule has 0 saturated carbocycles. The van der Waals surface area contributed by atoms with Crippen LogP contribution < -0.4 is 10.2 Å². The van der Waals surface area contributed by atoms with Crippen molar-refractivity contribution in [3.05, 3.63) is 28.3 Å². The van der Waals surface area contributed by atoms with Gasteiger partial charge in [0.2, 0.25) is 0 Å². The summed E-state index contributed by atoms with van der Waals surface area (Å²) in [4.78, 5) is 10.3. The summed E-state index contributed by atoms with van der Waals surface area (Å²) in [5, 5.41) is 12.4. The molecule has 82 valence electrons. The molecule has 0 unspecified atom stereocenters. The number of hydrazine groups is 1. The first kappa shape index (κ1) is 11.3. The van der Waals surface area contributed by atoms with Crippen LogP contribution in [0.1, 0.15) is 0 Å². The molecule has 0 aliphatic carbocycles. The largest absolute Gasteiger partial charge is 0.496 e. The molecule has 1 aromatic rings. The Morgan fingerprint density at radius 3 is 2.60 bits per heavy atom. The van der Waals surface area contributed by atoms with E-state index in [1.165, 1.54) is 13.2 Å². The summed E-state index contributed by atoms with van der Waals surface area (Å²) in [5.41, 5.74) is 3.27. The van der Waals surface area contributed by atoms with Gasteiger partial charge in [0.1, 0.15) is 11.4 Å². The molecule has 0 saturated heterocycles. The first-order valence-electron chi connectivity index (χ1n) is 4.31. The highest BCUT2D eigenvalue weighted by molar-refractivity contribution is 5.63. The molecule has 0 heterocycles. The molecule has 1 aromatic carbocycles. The van der Waals surface area contributed by atoms with Gasteiger partial charge in [-0.05, 0) is 12.1 Å². The third-order valence-corrected chi connectivity index (χ3v) is 1.75. The van der Waals surface area contributed by atoms with E-state index in [0.717, 1.165) is 0 Å². The number of hydrogen-bond acceptors (Lipinski definition) is 5. The summed E-state index contributed by atoms with van der Waals surface area (Å²) in [6, 6.07) is 4.65. The fourth-order valence-corrected chi connectivity index (χ4v) is 1.12. The fourth-order valence-electron chi connectivity index (χ4n) is 1.12. The van der Waals surface area contributed by atoms with Crippen molar-refractivity contribution in [1.29, 1.82) is 0 Å². The average Bonchev–Trinajstić information content (AvgIpc) is 2.17. The number of nitro groups is 1. The lowest BCUT2D eigenvalue weighted by atomic mass is 10.2. The van der Waals surface area contributed by atoms with Gasteiger partial charge >= 0.3 is 0 Å². The van der Waals surface area contributed by atoms with Gasteiger partial charge in [-0.1, -0.05) is 0 Å². The molecule has 1 rings (SSSR count). The molecule has 0 spiro atoms. The van der Waals surface area contributed by atoms with Gasteiger partial charge in [-0.15, -0.1) is 0 Å². The predicted molar refractivity (Wildman–Crippen MR) is 57.0 cm³/mol. The number of benzene rings is 1. The molecule has 6 heteroatoms. The maximum absolute atomic E-state index is 10.8. The first-order valence-corrected chi connectivity index (χ1v) is 4.31. The smallest absolute Gasteiger partial charge is 0.297 e. The third kappa shape index (κ3) is 2.81. The highest BCUT2D eigenvalue weighted by Crippen LogP contribution is 2.28. The zero-order valence-corrected chi connectivity index (χ0v) is 8.85. The van der Waals surface area contributed by atoms with Crippen molar-refractivity contribution in [3.8, 4) is 5.75 Å². The molecule has 0 amide bonds. The van der Waals surface area contributed by atoms with Gasteiger partial charge in [0, 0.05) is 14.1 Å². The zero-order valence-electron chi connectivity index (χ0n) is 8.85. The lowest BCUT2D eigenvalue weighted by Gasteiger charge is -2.13. The molecule has 0 fully saturated rings. The van der Waals surface area contributed by atoms with E-state index in [9.17, 15) is 10.1 Å². The zero-order chi connectivity index (χ0) is 11.4.